The fourth-order valence-corrected chi connectivity index (χ4v) is 3.62. The topological polar surface area (TPSA) is 74.6 Å². The van der Waals surface area contributed by atoms with E-state index in [1.807, 2.05) is 32.0 Å². The van der Waals surface area contributed by atoms with Crippen LogP contribution in [-0.4, -0.2) is 28.9 Å². The zero-order valence-corrected chi connectivity index (χ0v) is 20.7. The number of hydrogen-bond donors (Lipinski definition) is 1. The average Bonchev–Trinajstić information content (AvgIpc) is 3.09. The summed E-state index contributed by atoms with van der Waals surface area (Å²) in [4.78, 5) is 12.4. The summed E-state index contributed by atoms with van der Waals surface area (Å²) in [6.45, 7) is 6.67. The number of hydrogen-bond acceptors (Lipinski definition) is 5. The third-order valence-electron chi connectivity index (χ3n) is 4.81. The molecular weight excluding hydrogens is 512 g/mol. The molecule has 0 atom stereocenters. The van der Waals surface area contributed by atoms with Crippen LogP contribution in [0.3, 0.4) is 0 Å². The van der Waals surface area contributed by atoms with Crippen molar-refractivity contribution in [3.63, 3.8) is 0 Å². The van der Waals surface area contributed by atoms with Crippen molar-refractivity contribution in [3.8, 4) is 17.2 Å². The number of alkyl halides is 2. The van der Waals surface area contributed by atoms with Gasteiger partial charge in [0.25, 0.3) is 6.43 Å². The molecule has 1 heterocycles. The van der Waals surface area contributed by atoms with E-state index in [4.69, 9.17) is 14.2 Å². The van der Waals surface area contributed by atoms with E-state index < -0.39 is 6.43 Å². The van der Waals surface area contributed by atoms with E-state index >= 15 is 0 Å². The minimum absolute atomic E-state index is 0.185. The van der Waals surface area contributed by atoms with E-state index in [2.05, 4.69) is 26.3 Å². The Hall–Kier alpha value is -3.14. The van der Waals surface area contributed by atoms with Crippen LogP contribution in [-0.2, 0) is 17.9 Å². The minimum atomic E-state index is -2.72. The van der Waals surface area contributed by atoms with Crippen molar-refractivity contribution < 1.29 is 27.8 Å². The summed E-state index contributed by atoms with van der Waals surface area (Å²) in [5, 5.41) is 6.54. The average molecular weight is 538 g/mol. The number of ether oxygens (including phenoxy) is 3. The molecule has 0 saturated carbocycles. The fraction of sp³-hybridized carbons (Fsp3) is 0.333. The Morgan fingerprint density at radius 2 is 1.74 bits per heavy atom. The second-order valence-corrected chi connectivity index (χ2v) is 8.04. The highest BCUT2D eigenvalue weighted by Crippen LogP contribution is 2.30. The Kier molecular flexibility index (Phi) is 8.86. The highest BCUT2D eigenvalue weighted by atomic mass is 79.9. The predicted molar refractivity (Wildman–Crippen MR) is 128 cm³/mol. The summed E-state index contributed by atoms with van der Waals surface area (Å²) in [6.07, 6.45) is -2.72. The third-order valence-corrected chi connectivity index (χ3v) is 5.79. The van der Waals surface area contributed by atoms with Crippen LogP contribution in [0.2, 0.25) is 0 Å². The molecule has 0 aliphatic rings. The van der Waals surface area contributed by atoms with Crippen molar-refractivity contribution in [1.82, 2.24) is 9.78 Å². The van der Waals surface area contributed by atoms with Gasteiger partial charge in [0.1, 0.15) is 24.6 Å². The van der Waals surface area contributed by atoms with E-state index in [0.717, 1.165) is 5.56 Å². The lowest BCUT2D eigenvalue weighted by atomic mass is 10.2. The molecule has 0 radical (unpaired) electrons. The lowest BCUT2D eigenvalue weighted by molar-refractivity contribution is -0.117. The monoisotopic (exact) mass is 537 g/mol. The van der Waals surface area contributed by atoms with Crippen molar-refractivity contribution >= 4 is 27.5 Å². The molecule has 182 valence electrons. The summed E-state index contributed by atoms with van der Waals surface area (Å²) in [5.74, 6) is 1.60. The summed E-state index contributed by atoms with van der Waals surface area (Å²) >= 11 is 3.10. The maximum Gasteiger partial charge on any atom is 0.283 e. The number of anilines is 1. The van der Waals surface area contributed by atoms with Gasteiger partial charge < -0.3 is 19.5 Å². The third kappa shape index (κ3) is 6.47. The highest BCUT2D eigenvalue weighted by Gasteiger charge is 2.21. The molecule has 10 heteroatoms. The molecule has 0 aliphatic carbocycles. The number of benzene rings is 2. The van der Waals surface area contributed by atoms with Gasteiger partial charge in [0.05, 0.1) is 23.4 Å². The first-order chi connectivity index (χ1) is 16.3. The van der Waals surface area contributed by atoms with Crippen molar-refractivity contribution in [3.05, 3.63) is 63.9 Å². The molecule has 0 fully saturated rings. The largest absolute Gasteiger partial charge is 0.490 e. The zero-order valence-electron chi connectivity index (χ0n) is 19.1. The molecule has 2 aromatic carbocycles. The van der Waals surface area contributed by atoms with Crippen LogP contribution in [0.1, 0.15) is 37.2 Å². The summed E-state index contributed by atoms with van der Waals surface area (Å²) in [7, 11) is 0. The number of carbonyl (C=O) groups excluding carboxylic acids is 1. The quantitative estimate of drug-likeness (QED) is 0.329. The maximum atomic E-state index is 13.0. The van der Waals surface area contributed by atoms with E-state index in [1.54, 1.807) is 31.2 Å². The molecule has 7 nitrogen and oxygen atoms in total. The van der Waals surface area contributed by atoms with Crippen LogP contribution < -0.4 is 19.5 Å². The molecule has 1 aromatic heterocycles. The molecule has 0 aliphatic heterocycles. The van der Waals surface area contributed by atoms with Crippen LogP contribution >= 0.6 is 15.9 Å². The lowest BCUT2D eigenvalue weighted by Gasteiger charge is -2.13. The molecule has 0 spiro atoms. The second-order valence-electron chi connectivity index (χ2n) is 7.25. The van der Waals surface area contributed by atoms with Crippen molar-refractivity contribution in [2.75, 3.05) is 18.5 Å². The van der Waals surface area contributed by atoms with Gasteiger partial charge in [-0.25, -0.2) is 8.78 Å². The Bertz CT molecular complexity index is 1120. The molecule has 3 rings (SSSR count). The fourth-order valence-electron chi connectivity index (χ4n) is 3.16. The van der Waals surface area contributed by atoms with Gasteiger partial charge in [-0.15, -0.1) is 0 Å². The molecule has 0 unspecified atom stereocenters. The highest BCUT2D eigenvalue weighted by molar-refractivity contribution is 9.10. The molecule has 0 saturated heterocycles. The van der Waals surface area contributed by atoms with Gasteiger partial charge in [-0.1, -0.05) is 6.07 Å². The Morgan fingerprint density at radius 1 is 1.06 bits per heavy atom. The van der Waals surface area contributed by atoms with Gasteiger partial charge in [-0.2, -0.15) is 5.10 Å². The van der Waals surface area contributed by atoms with Gasteiger partial charge in [-0.05, 0) is 78.7 Å². The summed E-state index contributed by atoms with van der Waals surface area (Å²) in [6, 6.07) is 12.5. The molecule has 1 N–H and O–H groups in total. The first kappa shape index (κ1) is 25.5. The lowest BCUT2D eigenvalue weighted by Crippen LogP contribution is -2.20. The Balaban J connectivity index is 1.57. The number of aromatic nitrogens is 2. The molecule has 34 heavy (non-hydrogen) atoms. The number of carbonyl (C=O) groups is 1. The van der Waals surface area contributed by atoms with Crippen molar-refractivity contribution in [2.24, 2.45) is 0 Å². The zero-order chi connectivity index (χ0) is 24.7. The van der Waals surface area contributed by atoms with E-state index in [1.165, 1.54) is 4.68 Å². The summed E-state index contributed by atoms with van der Waals surface area (Å²) in [5.41, 5.74) is 1.55. The van der Waals surface area contributed by atoms with Crippen LogP contribution in [0, 0.1) is 6.92 Å². The van der Waals surface area contributed by atoms with Crippen LogP contribution in [0.15, 0.2) is 46.9 Å². The first-order valence-corrected chi connectivity index (χ1v) is 11.5. The number of rotatable bonds is 11. The summed E-state index contributed by atoms with van der Waals surface area (Å²) < 4.78 is 44.5. The van der Waals surface area contributed by atoms with Crippen molar-refractivity contribution in [2.45, 2.75) is 40.3 Å². The van der Waals surface area contributed by atoms with Crippen molar-refractivity contribution in [1.29, 1.82) is 0 Å². The van der Waals surface area contributed by atoms with Crippen LogP contribution in [0.5, 0.6) is 17.2 Å². The van der Waals surface area contributed by atoms with Gasteiger partial charge in [0.2, 0.25) is 5.91 Å². The molecule has 1 amide bonds. The van der Waals surface area contributed by atoms with Gasteiger partial charge in [0, 0.05) is 5.69 Å². The second kappa shape index (κ2) is 11.8. The van der Waals surface area contributed by atoms with Crippen LogP contribution in [0.4, 0.5) is 14.5 Å². The maximum absolute atomic E-state index is 13.0. The predicted octanol–water partition coefficient (Wildman–Crippen LogP) is 5.91. The number of nitrogens with zero attached hydrogens (tertiary/aromatic N) is 2. The number of halogens is 3. The SMILES string of the molecule is CCOc1ccc(COc2ccc(NC(=O)Cn3nc(C(F)F)c(Br)c3C)cc2)cc1OCC. The van der Waals surface area contributed by atoms with Gasteiger partial charge in [0.15, 0.2) is 11.5 Å². The van der Waals surface area contributed by atoms with Gasteiger partial charge >= 0.3 is 0 Å². The first-order valence-electron chi connectivity index (χ1n) is 10.7. The van der Waals surface area contributed by atoms with E-state index in [9.17, 15) is 13.6 Å². The number of nitrogens with one attached hydrogen (secondary N) is 1. The standard InChI is InChI=1S/C24H26BrF2N3O4/c1-4-32-19-11-6-16(12-20(19)33-5-2)14-34-18-9-7-17(8-10-18)28-21(31)13-30-15(3)22(25)23(29-30)24(26)27/h6-12,24H,4-5,13-14H2,1-3H3,(H,28,31). The molecule has 0 bridgehead atoms. The Labute approximate surface area is 205 Å². The number of amides is 1. The molecule has 3 aromatic rings. The van der Waals surface area contributed by atoms with E-state index in [0.29, 0.717) is 48.5 Å². The minimum Gasteiger partial charge on any atom is -0.490 e. The smallest absolute Gasteiger partial charge is 0.283 e. The Morgan fingerprint density at radius 3 is 2.35 bits per heavy atom. The normalized spacial score (nSPS) is 10.9. The van der Waals surface area contributed by atoms with E-state index in [-0.39, 0.29) is 22.6 Å². The van der Waals surface area contributed by atoms with Gasteiger partial charge in [-0.3, -0.25) is 9.48 Å². The van der Waals surface area contributed by atoms with Crippen LogP contribution in [0.25, 0.3) is 0 Å². The molecular formula is C24H26BrF2N3O4.